The number of fused-ring (bicyclic) bond motifs is 1. The first kappa shape index (κ1) is 16.6. The van der Waals surface area contributed by atoms with E-state index in [1.54, 1.807) is 18.2 Å². The number of hydrogen-bond donors (Lipinski definition) is 1. The van der Waals surface area contributed by atoms with Gasteiger partial charge in [-0.15, -0.1) is 0 Å². The van der Waals surface area contributed by atoms with E-state index in [1.165, 1.54) is 31.5 Å². The van der Waals surface area contributed by atoms with Crippen molar-refractivity contribution < 1.29 is 28.5 Å². The van der Waals surface area contributed by atoms with Gasteiger partial charge < -0.3 is 24.7 Å². The molecule has 8 nitrogen and oxygen atoms in total. The number of nitrogens with one attached hydrogen (secondary N) is 1. The average Bonchev–Trinajstić information content (AvgIpc) is 2.62. The van der Waals surface area contributed by atoms with Gasteiger partial charge in [0.05, 0.1) is 5.56 Å². The lowest BCUT2D eigenvalue weighted by molar-refractivity contribution is -0.605. The van der Waals surface area contributed by atoms with E-state index >= 15 is 0 Å². The Hall–Kier alpha value is -3.29. The van der Waals surface area contributed by atoms with Crippen LogP contribution in [0.1, 0.15) is 17.3 Å². The van der Waals surface area contributed by atoms with E-state index in [-0.39, 0.29) is 5.56 Å². The van der Waals surface area contributed by atoms with Gasteiger partial charge in [-0.1, -0.05) is 0 Å². The maximum Gasteiger partial charge on any atom is 0.339 e. The number of amides is 1. The molecule has 0 unspecified atom stereocenters. The van der Waals surface area contributed by atoms with Crippen LogP contribution in [0.4, 0.5) is 5.69 Å². The van der Waals surface area contributed by atoms with Crippen LogP contribution in [0.25, 0.3) is 0 Å². The number of carbonyl (C=O) groups is 2. The van der Waals surface area contributed by atoms with Gasteiger partial charge in [-0.05, 0) is 19.1 Å². The lowest BCUT2D eigenvalue weighted by Crippen LogP contribution is -2.30. The summed E-state index contributed by atoms with van der Waals surface area (Å²) in [5.74, 6) is -0.0161. The molecule has 0 radical (unpaired) electrons. The van der Waals surface area contributed by atoms with Crippen LogP contribution in [0.2, 0.25) is 0 Å². The number of pyridine rings is 1. The highest BCUT2D eigenvalue weighted by molar-refractivity contribution is 5.97. The molecule has 1 aliphatic rings. The number of hydrogen-bond acceptors (Lipinski definition) is 6. The second kappa shape index (κ2) is 7.08. The highest BCUT2D eigenvalue weighted by Crippen LogP contribution is 2.32. The minimum Gasteiger partial charge on any atom is -0.619 e. The normalized spacial score (nSPS) is 13.6. The Labute approximate surface area is 143 Å². The van der Waals surface area contributed by atoms with E-state index in [9.17, 15) is 14.8 Å². The van der Waals surface area contributed by atoms with Gasteiger partial charge in [0.1, 0.15) is 13.2 Å². The van der Waals surface area contributed by atoms with Crippen molar-refractivity contribution in [2.75, 3.05) is 18.5 Å². The molecule has 2 aromatic rings. The van der Waals surface area contributed by atoms with Crippen molar-refractivity contribution in [3.63, 3.8) is 0 Å². The largest absolute Gasteiger partial charge is 0.619 e. The molecule has 0 saturated carbocycles. The molecule has 0 spiro atoms. The van der Waals surface area contributed by atoms with E-state index in [1.807, 2.05) is 0 Å². The van der Waals surface area contributed by atoms with Gasteiger partial charge in [0, 0.05) is 23.9 Å². The maximum absolute atomic E-state index is 12.2. The fourth-order valence-electron chi connectivity index (χ4n) is 2.20. The number of ether oxygens (including phenoxy) is 3. The topological polar surface area (TPSA) is 101 Å². The lowest BCUT2D eigenvalue weighted by atomic mass is 10.2. The Kier molecular flexibility index (Phi) is 4.69. The van der Waals surface area contributed by atoms with Crippen LogP contribution in [-0.4, -0.2) is 31.2 Å². The third-order valence-corrected chi connectivity index (χ3v) is 3.50. The third-order valence-electron chi connectivity index (χ3n) is 3.50. The molecular weight excluding hydrogens is 328 g/mol. The highest BCUT2D eigenvalue weighted by atomic mass is 16.6. The first-order chi connectivity index (χ1) is 12.0. The van der Waals surface area contributed by atoms with Crippen molar-refractivity contribution >= 4 is 17.6 Å². The quantitative estimate of drug-likeness (QED) is 0.509. The Morgan fingerprint density at radius 3 is 2.56 bits per heavy atom. The van der Waals surface area contributed by atoms with Crippen LogP contribution in [0.3, 0.4) is 0 Å². The third kappa shape index (κ3) is 3.97. The molecule has 8 heteroatoms. The van der Waals surface area contributed by atoms with Crippen molar-refractivity contribution in [3.05, 3.63) is 53.5 Å². The highest BCUT2D eigenvalue weighted by Gasteiger charge is 2.20. The molecule has 1 amide bonds. The molecule has 0 saturated heterocycles. The van der Waals surface area contributed by atoms with Gasteiger partial charge in [-0.2, -0.15) is 4.73 Å². The van der Waals surface area contributed by atoms with Gasteiger partial charge in [0.25, 0.3) is 5.91 Å². The van der Waals surface area contributed by atoms with Crippen LogP contribution in [0, 0.1) is 5.21 Å². The molecule has 1 aliphatic heterocycles. The number of carbonyl (C=O) groups excluding carboxylic acids is 2. The van der Waals surface area contributed by atoms with Gasteiger partial charge >= 0.3 is 5.97 Å². The van der Waals surface area contributed by atoms with E-state index < -0.39 is 18.0 Å². The average molecular weight is 344 g/mol. The van der Waals surface area contributed by atoms with Gasteiger partial charge in [0.15, 0.2) is 30.0 Å². The Balaban J connectivity index is 1.60. The molecule has 25 heavy (non-hydrogen) atoms. The predicted molar refractivity (Wildman–Crippen MR) is 86.3 cm³/mol. The standard InChI is InChI=1S/C17H16N2O6/c1-11(25-17(21)12-4-6-19(22)7-5-12)16(20)18-13-2-3-14-15(10-13)24-9-8-23-14/h2-7,10-11H,8-9H2,1H3,(H,18,20)/t11-/m1/s1. The van der Waals surface area contributed by atoms with Crippen molar-refractivity contribution in [2.24, 2.45) is 0 Å². The second-order valence-corrected chi connectivity index (χ2v) is 5.34. The van der Waals surface area contributed by atoms with E-state index in [0.717, 1.165) is 0 Å². The number of anilines is 1. The number of aromatic nitrogens is 1. The Morgan fingerprint density at radius 2 is 1.84 bits per heavy atom. The monoisotopic (exact) mass is 344 g/mol. The van der Waals surface area contributed by atoms with E-state index in [2.05, 4.69) is 5.32 Å². The minimum atomic E-state index is -1.01. The zero-order valence-electron chi connectivity index (χ0n) is 13.4. The molecule has 1 aromatic heterocycles. The van der Waals surface area contributed by atoms with Crippen molar-refractivity contribution in [3.8, 4) is 11.5 Å². The summed E-state index contributed by atoms with van der Waals surface area (Å²) in [6, 6.07) is 7.65. The van der Waals surface area contributed by atoms with Crippen LogP contribution in [0.5, 0.6) is 11.5 Å². The van der Waals surface area contributed by atoms with Gasteiger partial charge in [-0.3, -0.25) is 4.79 Å². The summed E-state index contributed by atoms with van der Waals surface area (Å²) >= 11 is 0. The number of benzene rings is 1. The molecule has 1 N–H and O–H groups in total. The van der Waals surface area contributed by atoms with Gasteiger partial charge in [0.2, 0.25) is 0 Å². The van der Waals surface area contributed by atoms with Crippen LogP contribution in [-0.2, 0) is 9.53 Å². The first-order valence-electron chi connectivity index (χ1n) is 7.63. The molecule has 1 atom stereocenters. The van der Waals surface area contributed by atoms with Gasteiger partial charge in [-0.25, -0.2) is 4.79 Å². The Morgan fingerprint density at radius 1 is 1.16 bits per heavy atom. The van der Waals surface area contributed by atoms with E-state index in [4.69, 9.17) is 14.2 Å². The van der Waals surface area contributed by atoms with Crippen molar-refractivity contribution in [1.82, 2.24) is 0 Å². The summed E-state index contributed by atoms with van der Waals surface area (Å²) in [5, 5.41) is 13.6. The second-order valence-electron chi connectivity index (χ2n) is 5.34. The summed E-state index contributed by atoms with van der Waals surface area (Å²) in [6.45, 7) is 2.39. The molecule has 2 heterocycles. The fourth-order valence-corrected chi connectivity index (χ4v) is 2.20. The number of rotatable bonds is 4. The molecule has 1 aromatic carbocycles. The van der Waals surface area contributed by atoms with Crippen LogP contribution >= 0.6 is 0 Å². The zero-order chi connectivity index (χ0) is 17.8. The predicted octanol–water partition coefficient (Wildman–Crippen LogP) is 1.28. The summed E-state index contributed by atoms with van der Waals surface area (Å²) in [4.78, 5) is 24.2. The van der Waals surface area contributed by atoms with Crippen molar-refractivity contribution in [2.45, 2.75) is 13.0 Å². The van der Waals surface area contributed by atoms with E-state index in [0.29, 0.717) is 35.1 Å². The molecular formula is C17H16N2O6. The lowest BCUT2D eigenvalue weighted by Gasteiger charge is -2.19. The smallest absolute Gasteiger partial charge is 0.339 e. The molecule has 0 fully saturated rings. The van der Waals surface area contributed by atoms with Crippen LogP contribution < -0.4 is 19.5 Å². The fraction of sp³-hybridized carbons (Fsp3) is 0.235. The Bertz CT molecular complexity index is 790. The molecule has 0 aliphatic carbocycles. The zero-order valence-corrected chi connectivity index (χ0v) is 13.4. The maximum atomic E-state index is 12.2. The summed E-state index contributed by atoms with van der Waals surface area (Å²) in [7, 11) is 0. The summed E-state index contributed by atoms with van der Waals surface area (Å²) in [5.41, 5.74) is 0.690. The first-order valence-corrected chi connectivity index (χ1v) is 7.63. The molecule has 3 rings (SSSR count). The summed E-state index contributed by atoms with van der Waals surface area (Å²) in [6.07, 6.45) is 1.34. The number of nitrogens with zero attached hydrogens (tertiary/aromatic N) is 1. The SMILES string of the molecule is C[C@@H](OC(=O)c1cc[n+]([O-])cc1)C(=O)Nc1ccc2c(c1)OCCO2. The summed E-state index contributed by atoms with van der Waals surface area (Å²) < 4.78 is 16.5. The van der Waals surface area contributed by atoms with Crippen molar-refractivity contribution in [1.29, 1.82) is 0 Å². The number of esters is 1. The van der Waals surface area contributed by atoms with Crippen LogP contribution in [0.15, 0.2) is 42.7 Å². The minimum absolute atomic E-state index is 0.186. The molecule has 130 valence electrons. The molecule has 0 bridgehead atoms.